The third-order valence-electron chi connectivity index (χ3n) is 3.00. The third-order valence-corrected chi connectivity index (χ3v) is 3.00. The minimum Gasteiger partial charge on any atom is -0.477 e. The van der Waals surface area contributed by atoms with Crippen molar-refractivity contribution in [1.82, 2.24) is 0 Å². The quantitative estimate of drug-likeness (QED) is 0.858. The molecule has 0 saturated carbocycles. The molecule has 0 fully saturated rings. The minimum absolute atomic E-state index is 0.0168. The molecular weight excluding hydrogens is 260 g/mol. The van der Waals surface area contributed by atoms with E-state index in [2.05, 4.69) is 17.4 Å². The number of oxime groups is 1. The Morgan fingerprint density at radius 1 is 1.45 bits per heavy atom. The van der Waals surface area contributed by atoms with Gasteiger partial charge in [0.2, 0.25) is 6.10 Å². The molecule has 0 aliphatic carbocycles. The van der Waals surface area contributed by atoms with Gasteiger partial charge >= 0.3 is 5.97 Å². The van der Waals surface area contributed by atoms with Crippen molar-refractivity contribution < 1.29 is 19.5 Å². The van der Waals surface area contributed by atoms with Crippen LogP contribution in [0, 0.1) is 0 Å². The number of benzene rings is 1. The normalized spacial score (nSPS) is 17.2. The number of aryl methyl sites for hydroxylation is 1. The number of hydrogen-bond donors (Lipinski definition) is 2. The van der Waals surface area contributed by atoms with Crippen molar-refractivity contribution in [3.63, 3.8) is 0 Å². The summed E-state index contributed by atoms with van der Waals surface area (Å²) in [6.45, 7) is 2.06. The lowest BCUT2D eigenvalue weighted by Gasteiger charge is -2.12. The Balaban J connectivity index is 2.01. The number of amides is 1. The molecule has 106 valence electrons. The lowest BCUT2D eigenvalue weighted by atomic mass is 10.1. The molecule has 1 unspecified atom stereocenters. The first-order chi connectivity index (χ1) is 9.61. The summed E-state index contributed by atoms with van der Waals surface area (Å²) in [5.74, 6) is -1.54. The molecule has 0 radical (unpaired) electrons. The van der Waals surface area contributed by atoms with Crippen LogP contribution in [0.2, 0.25) is 0 Å². The average Bonchev–Trinajstić information content (AvgIpc) is 2.91. The number of anilines is 1. The van der Waals surface area contributed by atoms with Crippen molar-refractivity contribution in [2.75, 3.05) is 5.32 Å². The largest absolute Gasteiger partial charge is 0.477 e. The Labute approximate surface area is 116 Å². The zero-order chi connectivity index (χ0) is 14.5. The monoisotopic (exact) mass is 276 g/mol. The lowest BCUT2D eigenvalue weighted by molar-refractivity contribution is -0.129. The zero-order valence-corrected chi connectivity index (χ0v) is 11.1. The Morgan fingerprint density at radius 2 is 2.20 bits per heavy atom. The van der Waals surface area contributed by atoms with Crippen molar-refractivity contribution >= 4 is 23.3 Å². The van der Waals surface area contributed by atoms with Crippen molar-refractivity contribution in [2.24, 2.45) is 5.16 Å². The van der Waals surface area contributed by atoms with Crippen LogP contribution in [0.5, 0.6) is 0 Å². The van der Waals surface area contributed by atoms with Crippen molar-refractivity contribution in [3.8, 4) is 0 Å². The molecule has 1 heterocycles. The van der Waals surface area contributed by atoms with E-state index in [1.165, 1.54) is 0 Å². The highest BCUT2D eigenvalue weighted by Gasteiger charge is 2.31. The van der Waals surface area contributed by atoms with Crippen LogP contribution in [0.3, 0.4) is 0 Å². The van der Waals surface area contributed by atoms with Crippen molar-refractivity contribution in [2.45, 2.75) is 32.3 Å². The van der Waals surface area contributed by atoms with Crippen molar-refractivity contribution in [1.29, 1.82) is 0 Å². The van der Waals surface area contributed by atoms with Crippen molar-refractivity contribution in [3.05, 3.63) is 29.8 Å². The van der Waals surface area contributed by atoms with E-state index in [0.29, 0.717) is 0 Å². The summed E-state index contributed by atoms with van der Waals surface area (Å²) in [5, 5.41) is 14.9. The van der Waals surface area contributed by atoms with E-state index in [-0.39, 0.29) is 18.0 Å². The summed E-state index contributed by atoms with van der Waals surface area (Å²) in [4.78, 5) is 27.6. The van der Waals surface area contributed by atoms with Gasteiger partial charge in [0.25, 0.3) is 5.91 Å². The number of nitrogens with one attached hydrogen (secondary N) is 1. The second-order valence-electron chi connectivity index (χ2n) is 4.54. The van der Waals surface area contributed by atoms with E-state index >= 15 is 0 Å². The molecule has 6 nitrogen and oxygen atoms in total. The Kier molecular flexibility index (Phi) is 4.34. The minimum atomic E-state index is -1.16. The van der Waals surface area contributed by atoms with Crippen LogP contribution in [-0.2, 0) is 20.8 Å². The van der Waals surface area contributed by atoms with E-state index < -0.39 is 12.1 Å². The Morgan fingerprint density at radius 3 is 2.85 bits per heavy atom. The fourth-order valence-corrected chi connectivity index (χ4v) is 1.99. The van der Waals surface area contributed by atoms with Gasteiger partial charge in [-0.2, -0.15) is 0 Å². The molecule has 1 aromatic rings. The maximum absolute atomic E-state index is 12.0. The number of carbonyl (C=O) groups excluding carboxylic acids is 1. The molecular formula is C14H16N2O4. The van der Waals surface area contributed by atoms with E-state index in [1.54, 1.807) is 0 Å². The first kappa shape index (κ1) is 14.0. The summed E-state index contributed by atoms with van der Waals surface area (Å²) in [7, 11) is 0. The van der Waals surface area contributed by atoms with E-state index in [1.807, 2.05) is 24.3 Å². The smallest absolute Gasteiger partial charge is 0.353 e. The van der Waals surface area contributed by atoms with Crippen LogP contribution in [-0.4, -0.2) is 28.8 Å². The fourth-order valence-electron chi connectivity index (χ4n) is 1.99. The zero-order valence-electron chi connectivity index (χ0n) is 11.1. The molecule has 0 aromatic heterocycles. The summed E-state index contributed by atoms with van der Waals surface area (Å²) < 4.78 is 0. The van der Waals surface area contributed by atoms with Crippen LogP contribution < -0.4 is 5.32 Å². The first-order valence-electron chi connectivity index (χ1n) is 6.46. The van der Waals surface area contributed by atoms with Gasteiger partial charge < -0.3 is 15.3 Å². The Hall–Kier alpha value is -2.37. The van der Waals surface area contributed by atoms with Gasteiger partial charge in [-0.1, -0.05) is 36.7 Å². The standard InChI is InChI=1S/C14H16N2O4/c1-2-5-9-6-3-4-7-10(9)15-13(17)12-8-11(14(18)19)16-20-12/h3-4,6-7,12H,2,5,8H2,1H3,(H,15,17)(H,18,19). The number of carbonyl (C=O) groups is 2. The molecule has 20 heavy (non-hydrogen) atoms. The number of carboxylic acids is 1. The molecule has 0 saturated heterocycles. The van der Waals surface area contributed by atoms with Crippen LogP contribution in [0.4, 0.5) is 5.69 Å². The topological polar surface area (TPSA) is 88.0 Å². The van der Waals surface area contributed by atoms with Gasteiger partial charge in [0.05, 0.1) is 0 Å². The second-order valence-corrected chi connectivity index (χ2v) is 4.54. The molecule has 1 atom stereocenters. The second kappa shape index (κ2) is 6.18. The highest BCUT2D eigenvalue weighted by Crippen LogP contribution is 2.19. The highest BCUT2D eigenvalue weighted by molar-refractivity contribution is 6.36. The van der Waals surface area contributed by atoms with Gasteiger partial charge in [0, 0.05) is 12.1 Å². The number of nitrogens with zero attached hydrogens (tertiary/aromatic N) is 1. The predicted octanol–water partition coefficient (Wildman–Crippen LogP) is 1.81. The summed E-state index contributed by atoms with van der Waals surface area (Å²) >= 11 is 0. The van der Waals surface area contributed by atoms with E-state index in [9.17, 15) is 9.59 Å². The van der Waals surface area contributed by atoms with Gasteiger partial charge in [0.15, 0.2) is 5.71 Å². The molecule has 6 heteroatoms. The van der Waals surface area contributed by atoms with Gasteiger partial charge in [-0.15, -0.1) is 0 Å². The lowest BCUT2D eigenvalue weighted by Crippen LogP contribution is -2.29. The molecule has 0 spiro atoms. The van der Waals surface area contributed by atoms with Crippen LogP contribution >= 0.6 is 0 Å². The number of para-hydroxylation sites is 1. The van der Waals surface area contributed by atoms with Gasteiger partial charge in [0.1, 0.15) is 0 Å². The SMILES string of the molecule is CCCc1ccccc1NC(=O)C1CC(C(=O)O)=NO1. The molecule has 1 amide bonds. The molecule has 2 rings (SSSR count). The molecule has 1 aromatic carbocycles. The summed E-state index contributed by atoms with van der Waals surface area (Å²) in [5.41, 5.74) is 1.64. The third kappa shape index (κ3) is 3.14. The predicted molar refractivity (Wildman–Crippen MR) is 73.6 cm³/mol. The Bertz CT molecular complexity index is 554. The maximum atomic E-state index is 12.0. The number of carboxylic acid groups (broad SMARTS) is 1. The highest BCUT2D eigenvalue weighted by atomic mass is 16.6. The van der Waals surface area contributed by atoms with Gasteiger partial charge in [-0.3, -0.25) is 4.79 Å². The summed E-state index contributed by atoms with van der Waals surface area (Å²) in [6.07, 6.45) is 0.936. The van der Waals surface area contributed by atoms with Gasteiger partial charge in [-0.25, -0.2) is 4.79 Å². The molecule has 1 aliphatic heterocycles. The molecule has 0 bridgehead atoms. The van der Waals surface area contributed by atoms with E-state index in [0.717, 1.165) is 24.1 Å². The van der Waals surface area contributed by atoms with Crippen LogP contribution in [0.1, 0.15) is 25.3 Å². The molecule has 2 N–H and O–H groups in total. The fraction of sp³-hybridized carbons (Fsp3) is 0.357. The molecule has 1 aliphatic rings. The van der Waals surface area contributed by atoms with E-state index in [4.69, 9.17) is 9.94 Å². The van der Waals surface area contributed by atoms with Crippen LogP contribution in [0.25, 0.3) is 0 Å². The first-order valence-corrected chi connectivity index (χ1v) is 6.46. The number of rotatable bonds is 5. The van der Waals surface area contributed by atoms with Crippen LogP contribution in [0.15, 0.2) is 29.4 Å². The average molecular weight is 276 g/mol. The number of aliphatic carboxylic acids is 1. The summed E-state index contributed by atoms with van der Waals surface area (Å²) in [6, 6.07) is 7.52. The number of hydrogen-bond acceptors (Lipinski definition) is 4. The maximum Gasteiger partial charge on any atom is 0.353 e. The van der Waals surface area contributed by atoms with Gasteiger partial charge in [-0.05, 0) is 18.1 Å².